The summed E-state index contributed by atoms with van der Waals surface area (Å²) >= 11 is 0. The molecule has 5 heteroatoms. The smallest absolute Gasteiger partial charge is 0.414 e. The van der Waals surface area contributed by atoms with Gasteiger partial charge in [-0.15, -0.1) is 0 Å². The van der Waals surface area contributed by atoms with Crippen molar-refractivity contribution in [2.24, 2.45) is 0 Å². The van der Waals surface area contributed by atoms with Crippen LogP contribution in [-0.2, 0) is 22.4 Å². The Labute approximate surface area is 130 Å². The molecule has 22 heavy (non-hydrogen) atoms. The summed E-state index contributed by atoms with van der Waals surface area (Å²) in [5.41, 5.74) is 2.51. The van der Waals surface area contributed by atoms with E-state index in [0.717, 1.165) is 23.2 Å². The van der Waals surface area contributed by atoms with E-state index in [9.17, 15) is 9.59 Å². The van der Waals surface area contributed by atoms with Crippen molar-refractivity contribution in [2.75, 3.05) is 11.4 Å². The van der Waals surface area contributed by atoms with E-state index >= 15 is 0 Å². The van der Waals surface area contributed by atoms with E-state index in [1.165, 1.54) is 0 Å². The number of carboxylic acid groups (broad SMARTS) is 1. The fourth-order valence-corrected chi connectivity index (χ4v) is 2.67. The van der Waals surface area contributed by atoms with Gasteiger partial charge in [0.1, 0.15) is 5.60 Å². The average molecular weight is 305 g/mol. The van der Waals surface area contributed by atoms with Gasteiger partial charge in [0.05, 0.1) is 5.69 Å². The lowest BCUT2D eigenvalue weighted by atomic mass is 10.0. The fourth-order valence-electron chi connectivity index (χ4n) is 2.67. The lowest BCUT2D eigenvalue weighted by Crippen LogP contribution is -2.36. The minimum Gasteiger partial charge on any atom is -0.481 e. The van der Waals surface area contributed by atoms with Gasteiger partial charge >= 0.3 is 12.1 Å². The van der Waals surface area contributed by atoms with Crippen LogP contribution >= 0.6 is 0 Å². The number of carboxylic acids is 1. The van der Waals surface area contributed by atoms with Crippen LogP contribution in [0, 0.1) is 0 Å². The molecule has 0 fully saturated rings. The van der Waals surface area contributed by atoms with Crippen molar-refractivity contribution in [3.8, 4) is 0 Å². The fraction of sp³-hybridized carbons (Fsp3) is 0.529. The summed E-state index contributed by atoms with van der Waals surface area (Å²) in [5, 5.41) is 8.77. The predicted molar refractivity (Wildman–Crippen MR) is 84.3 cm³/mol. The largest absolute Gasteiger partial charge is 0.481 e. The number of carbonyl (C=O) groups excluding carboxylic acids is 1. The van der Waals surface area contributed by atoms with E-state index in [-0.39, 0.29) is 12.5 Å². The molecule has 1 aromatic rings. The lowest BCUT2D eigenvalue weighted by Gasteiger charge is -2.26. The van der Waals surface area contributed by atoms with Gasteiger partial charge in [0, 0.05) is 13.0 Å². The number of hydrogen-bond acceptors (Lipinski definition) is 3. The SMILES string of the molecule is CC(C)(C)OC(=O)N1CCc2cccc(CCCC(=O)O)c21. The molecule has 1 N–H and O–H groups in total. The van der Waals surface area contributed by atoms with Crippen molar-refractivity contribution in [3.63, 3.8) is 0 Å². The first-order valence-corrected chi connectivity index (χ1v) is 7.61. The van der Waals surface area contributed by atoms with Crippen LogP contribution in [0.1, 0.15) is 44.7 Å². The maximum absolute atomic E-state index is 12.4. The molecule has 0 bridgehead atoms. The molecule has 2 rings (SSSR count). The Morgan fingerprint density at radius 2 is 2.05 bits per heavy atom. The Kier molecular flexibility index (Phi) is 4.74. The van der Waals surface area contributed by atoms with Crippen molar-refractivity contribution in [1.82, 2.24) is 0 Å². The molecule has 1 aromatic carbocycles. The van der Waals surface area contributed by atoms with Crippen molar-refractivity contribution in [1.29, 1.82) is 0 Å². The van der Waals surface area contributed by atoms with Crippen molar-refractivity contribution in [2.45, 2.75) is 52.1 Å². The number of para-hydroxylation sites is 1. The Bertz CT molecular complexity index is 575. The van der Waals surface area contributed by atoms with Crippen LogP contribution in [0.3, 0.4) is 0 Å². The number of amides is 1. The number of fused-ring (bicyclic) bond motifs is 1. The second-order valence-electron chi connectivity index (χ2n) is 6.55. The highest BCUT2D eigenvalue weighted by atomic mass is 16.6. The van der Waals surface area contributed by atoms with E-state index < -0.39 is 11.6 Å². The molecule has 0 aromatic heterocycles. The molecular weight excluding hydrogens is 282 g/mol. The van der Waals surface area contributed by atoms with Crippen molar-refractivity contribution in [3.05, 3.63) is 29.3 Å². The molecule has 1 aliphatic heterocycles. The zero-order valence-corrected chi connectivity index (χ0v) is 13.4. The highest BCUT2D eigenvalue weighted by Gasteiger charge is 2.30. The van der Waals surface area contributed by atoms with Crippen LogP contribution in [0.5, 0.6) is 0 Å². The quantitative estimate of drug-likeness (QED) is 0.926. The third kappa shape index (κ3) is 4.00. The van der Waals surface area contributed by atoms with E-state index in [1.54, 1.807) is 4.90 Å². The summed E-state index contributed by atoms with van der Waals surface area (Å²) < 4.78 is 5.47. The topological polar surface area (TPSA) is 66.8 Å². The molecule has 1 aliphatic rings. The lowest BCUT2D eigenvalue weighted by molar-refractivity contribution is -0.137. The zero-order valence-electron chi connectivity index (χ0n) is 13.4. The second-order valence-corrected chi connectivity index (χ2v) is 6.55. The van der Waals surface area contributed by atoms with Gasteiger partial charge in [-0.25, -0.2) is 4.79 Å². The Morgan fingerprint density at radius 3 is 2.68 bits per heavy atom. The number of rotatable bonds is 4. The molecule has 0 unspecified atom stereocenters. The number of aliphatic carboxylic acids is 1. The van der Waals surface area contributed by atoms with Crippen LogP contribution < -0.4 is 4.90 Å². The third-order valence-electron chi connectivity index (χ3n) is 3.53. The molecule has 0 saturated heterocycles. The van der Waals surface area contributed by atoms with Gasteiger partial charge in [0.2, 0.25) is 0 Å². The molecule has 0 aliphatic carbocycles. The molecular formula is C17H23NO4. The summed E-state index contributed by atoms with van der Waals surface area (Å²) in [4.78, 5) is 24.7. The molecule has 1 amide bonds. The van der Waals surface area contributed by atoms with Crippen LogP contribution in [0.25, 0.3) is 0 Å². The molecule has 0 atom stereocenters. The standard InChI is InChI=1S/C17H23NO4/c1-17(2,3)22-16(21)18-11-10-13-7-4-6-12(15(13)18)8-5-9-14(19)20/h4,6-7H,5,8-11H2,1-3H3,(H,19,20). The van der Waals surface area contributed by atoms with Crippen LogP contribution in [0.4, 0.5) is 10.5 Å². The Hall–Kier alpha value is -2.04. The van der Waals surface area contributed by atoms with Crippen molar-refractivity contribution >= 4 is 17.7 Å². The minimum absolute atomic E-state index is 0.135. The minimum atomic E-state index is -0.795. The molecule has 0 radical (unpaired) electrons. The summed E-state index contributed by atoms with van der Waals surface area (Å²) in [6.45, 7) is 6.15. The first-order chi connectivity index (χ1) is 10.3. The number of carbonyl (C=O) groups is 2. The summed E-state index contributed by atoms with van der Waals surface area (Å²) in [6, 6.07) is 5.94. The Balaban J connectivity index is 2.17. The molecule has 0 saturated carbocycles. The normalized spacial score (nSPS) is 13.9. The summed E-state index contributed by atoms with van der Waals surface area (Å²) in [6.07, 6.45) is 1.82. The van der Waals surface area contributed by atoms with Gasteiger partial charge in [0.15, 0.2) is 0 Å². The highest BCUT2D eigenvalue weighted by molar-refractivity contribution is 5.91. The number of anilines is 1. The number of nitrogens with zero attached hydrogens (tertiary/aromatic N) is 1. The van der Waals surface area contributed by atoms with Gasteiger partial charge in [-0.2, -0.15) is 0 Å². The first kappa shape index (κ1) is 16.3. The molecule has 1 heterocycles. The first-order valence-electron chi connectivity index (χ1n) is 7.61. The number of aryl methyl sites for hydroxylation is 1. The molecule has 5 nitrogen and oxygen atoms in total. The van der Waals surface area contributed by atoms with E-state index in [2.05, 4.69) is 0 Å². The molecule has 120 valence electrons. The number of hydrogen-bond donors (Lipinski definition) is 1. The zero-order chi connectivity index (χ0) is 16.3. The van der Waals surface area contributed by atoms with Gasteiger partial charge < -0.3 is 9.84 Å². The van der Waals surface area contributed by atoms with Crippen LogP contribution in [0.15, 0.2) is 18.2 Å². The Morgan fingerprint density at radius 1 is 1.32 bits per heavy atom. The second kappa shape index (κ2) is 6.38. The van der Waals surface area contributed by atoms with Gasteiger partial charge in [0.25, 0.3) is 0 Å². The number of benzene rings is 1. The predicted octanol–water partition coefficient (Wildman–Crippen LogP) is 3.39. The van der Waals surface area contributed by atoms with Crippen LogP contribution in [-0.4, -0.2) is 29.3 Å². The number of ether oxygens (including phenoxy) is 1. The third-order valence-corrected chi connectivity index (χ3v) is 3.53. The maximum atomic E-state index is 12.4. The van der Waals surface area contributed by atoms with Gasteiger partial charge in [-0.1, -0.05) is 18.2 Å². The highest BCUT2D eigenvalue weighted by Crippen LogP contribution is 2.33. The van der Waals surface area contributed by atoms with Gasteiger partial charge in [-0.3, -0.25) is 9.69 Å². The summed E-state index contributed by atoms with van der Waals surface area (Å²) in [5.74, 6) is -0.795. The van der Waals surface area contributed by atoms with E-state index in [1.807, 2.05) is 39.0 Å². The van der Waals surface area contributed by atoms with E-state index in [0.29, 0.717) is 19.4 Å². The maximum Gasteiger partial charge on any atom is 0.414 e. The summed E-state index contributed by atoms with van der Waals surface area (Å²) in [7, 11) is 0. The molecule has 0 spiro atoms. The van der Waals surface area contributed by atoms with Gasteiger partial charge in [-0.05, 0) is 51.2 Å². The monoisotopic (exact) mass is 305 g/mol. The van der Waals surface area contributed by atoms with E-state index in [4.69, 9.17) is 9.84 Å². The average Bonchev–Trinajstić information content (AvgIpc) is 2.81. The van der Waals surface area contributed by atoms with Crippen molar-refractivity contribution < 1.29 is 19.4 Å². The van der Waals surface area contributed by atoms with Crippen LogP contribution in [0.2, 0.25) is 0 Å².